The number of Topliss-reactive ketones (excluding diaryl/α,β-unsaturated/α-hetero) is 1. The molecule has 6 N–H and O–H groups in total. The summed E-state index contributed by atoms with van der Waals surface area (Å²) in [6.07, 6.45) is -1.02. The first-order valence-electron chi connectivity index (χ1n) is 13.3. The number of rotatable bonds is 10. The zero-order chi connectivity index (χ0) is 32.4. The number of aromatic nitrogens is 1. The number of cyclic esters (lactones) is 1. The fourth-order valence-corrected chi connectivity index (χ4v) is 5.80. The quantitative estimate of drug-likeness (QED) is 0.0950. The number of oxime groups is 1. The van der Waals surface area contributed by atoms with Gasteiger partial charge in [-0.25, -0.2) is 19.4 Å². The van der Waals surface area contributed by atoms with Gasteiger partial charge in [-0.2, -0.15) is 5.06 Å². The van der Waals surface area contributed by atoms with Crippen LogP contribution in [0.15, 0.2) is 22.7 Å². The molecular formula is C26H23N5O13S. The first kappa shape index (κ1) is 29.8. The maximum atomic E-state index is 13.4. The van der Waals surface area contributed by atoms with Crippen LogP contribution in [0.5, 0.6) is 11.5 Å². The van der Waals surface area contributed by atoms with Crippen molar-refractivity contribution in [2.45, 2.75) is 49.6 Å². The number of carboxylic acids is 2. The van der Waals surface area contributed by atoms with Gasteiger partial charge in [0.05, 0.1) is 18.9 Å². The molecule has 2 saturated heterocycles. The Morgan fingerprint density at radius 2 is 1.84 bits per heavy atom. The molecule has 4 aliphatic rings. The number of phenolic OH excluding ortho intramolecular Hbond substituents is 2. The van der Waals surface area contributed by atoms with Crippen LogP contribution >= 0.6 is 11.3 Å². The van der Waals surface area contributed by atoms with Crippen molar-refractivity contribution < 1.29 is 63.6 Å². The van der Waals surface area contributed by atoms with Crippen molar-refractivity contribution in [2.24, 2.45) is 11.1 Å². The zero-order valence-electron chi connectivity index (χ0n) is 22.9. The second-order valence-electron chi connectivity index (χ2n) is 10.8. The largest absolute Gasteiger partial charge is 0.504 e. The summed E-state index contributed by atoms with van der Waals surface area (Å²) in [5.74, 6) is -9.14. The van der Waals surface area contributed by atoms with Gasteiger partial charge >= 0.3 is 23.6 Å². The lowest BCUT2D eigenvalue weighted by Crippen LogP contribution is -2.55. The van der Waals surface area contributed by atoms with Crippen LogP contribution in [-0.2, 0) is 44.9 Å². The van der Waals surface area contributed by atoms with Gasteiger partial charge in [-0.15, -0.1) is 11.3 Å². The molecule has 1 aromatic heterocycles. The Hall–Kier alpha value is -5.30. The highest BCUT2D eigenvalue weighted by Gasteiger charge is 2.64. The van der Waals surface area contributed by atoms with Gasteiger partial charge in [0.25, 0.3) is 11.8 Å². The van der Waals surface area contributed by atoms with E-state index in [1.807, 2.05) is 0 Å². The van der Waals surface area contributed by atoms with E-state index in [9.17, 15) is 49.2 Å². The summed E-state index contributed by atoms with van der Waals surface area (Å²) in [6.45, 7) is -0.723. The summed E-state index contributed by atoms with van der Waals surface area (Å²) in [5.41, 5.74) is 1.20. The zero-order valence-corrected chi connectivity index (χ0v) is 23.7. The Bertz CT molecular complexity index is 1720. The highest BCUT2D eigenvalue weighted by Crippen LogP contribution is 2.42. The molecule has 3 fully saturated rings. The number of nitrogen functional groups attached to an aromatic ring is 1. The van der Waals surface area contributed by atoms with E-state index in [4.69, 9.17) is 20.1 Å². The number of amides is 2. The highest BCUT2D eigenvalue weighted by molar-refractivity contribution is 7.13. The number of ether oxygens (including phenoxy) is 1. The van der Waals surface area contributed by atoms with Gasteiger partial charge < -0.3 is 40.6 Å². The summed E-state index contributed by atoms with van der Waals surface area (Å²) < 4.78 is 5.20. The van der Waals surface area contributed by atoms with Gasteiger partial charge in [-0.1, -0.05) is 5.16 Å². The number of ketones is 1. The van der Waals surface area contributed by atoms with Crippen LogP contribution in [0.4, 0.5) is 5.13 Å². The number of nitrogens with zero attached hydrogens (tertiary/aromatic N) is 4. The molecule has 1 aliphatic carbocycles. The van der Waals surface area contributed by atoms with Crippen molar-refractivity contribution in [3.8, 4) is 11.5 Å². The molecule has 1 saturated carbocycles. The molecule has 236 valence electrons. The standard InChI is InChI=1S/C26H23N5O13S/c27-24-28-13(9-45-24)18(29-44-25(1-2-25)22(38)39)17(34)4-11-8-42-31(19(11)35)26(23(40)41)6-14(21(37)43-26)30-7-10-3-15(32)16(33)5-12(10)20(30)36/h3,5,9,11,14,32-33H,1-2,4,6-8H2,(H2,27,28)(H,38,39)(H,40,41)/b29-18-/t11-,14-,26?/m0/s1. The topological polar surface area (TPSA) is 269 Å². The number of nitrogens with two attached hydrogens (primary N) is 1. The fraction of sp³-hybridized carbons (Fsp3) is 0.385. The smallest absolute Gasteiger partial charge is 0.372 e. The average molecular weight is 646 g/mol. The van der Waals surface area contributed by atoms with Gasteiger partial charge in [0, 0.05) is 36.8 Å². The third kappa shape index (κ3) is 4.85. The minimum absolute atomic E-state index is 0.0164. The van der Waals surface area contributed by atoms with E-state index in [0.717, 1.165) is 28.4 Å². The van der Waals surface area contributed by atoms with Crippen LogP contribution in [0.3, 0.4) is 0 Å². The molecule has 1 aromatic carbocycles. The van der Waals surface area contributed by atoms with Crippen molar-refractivity contribution >= 4 is 57.7 Å². The monoisotopic (exact) mass is 645 g/mol. The van der Waals surface area contributed by atoms with Crippen molar-refractivity contribution in [3.05, 3.63) is 34.3 Å². The van der Waals surface area contributed by atoms with Gasteiger partial charge in [0.2, 0.25) is 5.60 Å². The Balaban J connectivity index is 1.20. The molecule has 3 atom stereocenters. The second kappa shape index (κ2) is 10.4. The van der Waals surface area contributed by atoms with Crippen LogP contribution < -0.4 is 5.73 Å². The van der Waals surface area contributed by atoms with Crippen molar-refractivity contribution in [2.75, 3.05) is 12.3 Å². The first-order chi connectivity index (χ1) is 21.3. The highest BCUT2D eigenvalue weighted by atomic mass is 32.1. The van der Waals surface area contributed by atoms with Crippen LogP contribution in [0, 0.1) is 5.92 Å². The number of thiazole rings is 1. The molecule has 2 aromatic rings. The van der Waals surface area contributed by atoms with Gasteiger partial charge in [0.1, 0.15) is 11.7 Å². The second-order valence-corrected chi connectivity index (χ2v) is 11.7. The SMILES string of the molecule is Nc1nc(/C(=N/OC2(C(=O)O)CC2)C(=O)C[C@H]2CON(C3(C(=O)O)C[C@H](N4Cc5cc(O)c(O)cc5C4=O)C(=O)O3)C2=O)cs1. The Kier molecular flexibility index (Phi) is 6.88. The molecule has 1 unspecified atom stereocenters. The summed E-state index contributed by atoms with van der Waals surface area (Å²) in [7, 11) is 0. The van der Waals surface area contributed by atoms with Gasteiger partial charge in [-0.05, 0) is 17.7 Å². The summed E-state index contributed by atoms with van der Waals surface area (Å²) in [6, 6.07) is 0.662. The third-order valence-electron chi connectivity index (χ3n) is 7.90. The van der Waals surface area contributed by atoms with E-state index < -0.39 is 95.5 Å². The fourth-order valence-electron chi connectivity index (χ4n) is 5.25. The summed E-state index contributed by atoms with van der Waals surface area (Å²) in [5, 5.41) is 44.7. The number of fused-ring (bicyclic) bond motifs is 1. The molecule has 45 heavy (non-hydrogen) atoms. The lowest BCUT2D eigenvalue weighted by molar-refractivity contribution is -0.256. The number of aromatic hydroxyl groups is 2. The number of hydrogen-bond donors (Lipinski definition) is 5. The number of hydrogen-bond acceptors (Lipinski definition) is 15. The number of carbonyl (C=O) groups excluding carboxylic acids is 4. The lowest BCUT2D eigenvalue weighted by Gasteiger charge is -2.31. The summed E-state index contributed by atoms with van der Waals surface area (Å²) >= 11 is 0.972. The number of hydroxylamine groups is 2. The van der Waals surface area contributed by atoms with Crippen molar-refractivity contribution in [1.29, 1.82) is 0 Å². The van der Waals surface area contributed by atoms with Crippen LogP contribution in [0.1, 0.15) is 47.3 Å². The van der Waals surface area contributed by atoms with Crippen LogP contribution in [0.2, 0.25) is 0 Å². The predicted molar refractivity (Wildman–Crippen MR) is 144 cm³/mol. The minimum atomic E-state index is -2.70. The van der Waals surface area contributed by atoms with Gasteiger partial charge in [-0.3, -0.25) is 19.2 Å². The van der Waals surface area contributed by atoms with Crippen molar-refractivity contribution in [1.82, 2.24) is 14.9 Å². The van der Waals surface area contributed by atoms with Crippen LogP contribution in [0.25, 0.3) is 0 Å². The van der Waals surface area contributed by atoms with Gasteiger partial charge in [0.15, 0.2) is 28.1 Å². The first-order valence-corrected chi connectivity index (χ1v) is 14.2. The normalized spacial score (nSPS) is 25.3. The van der Waals surface area contributed by atoms with Crippen molar-refractivity contribution in [3.63, 3.8) is 0 Å². The number of aliphatic carboxylic acids is 2. The molecule has 18 nitrogen and oxygen atoms in total. The van der Waals surface area contributed by atoms with E-state index in [0.29, 0.717) is 5.06 Å². The minimum Gasteiger partial charge on any atom is -0.504 e. The van der Waals surface area contributed by atoms with E-state index in [1.165, 1.54) is 5.38 Å². The maximum Gasteiger partial charge on any atom is 0.372 e. The molecule has 19 heteroatoms. The van der Waals surface area contributed by atoms with E-state index in [-0.39, 0.29) is 41.3 Å². The number of carboxylic acid groups (broad SMARTS) is 2. The molecule has 3 aliphatic heterocycles. The number of esters is 1. The summed E-state index contributed by atoms with van der Waals surface area (Å²) in [4.78, 5) is 92.3. The van der Waals surface area contributed by atoms with E-state index in [1.54, 1.807) is 0 Å². The Morgan fingerprint density at radius 3 is 2.47 bits per heavy atom. The Labute approximate surface area is 255 Å². The predicted octanol–water partition coefficient (Wildman–Crippen LogP) is -0.424. The van der Waals surface area contributed by atoms with E-state index >= 15 is 0 Å². The van der Waals surface area contributed by atoms with E-state index in [2.05, 4.69) is 10.1 Å². The molecule has 6 rings (SSSR count). The molecular weight excluding hydrogens is 622 g/mol. The lowest BCUT2D eigenvalue weighted by atomic mass is 9.98. The maximum absolute atomic E-state index is 13.4. The third-order valence-corrected chi connectivity index (χ3v) is 8.58. The number of phenols is 2. The Morgan fingerprint density at radius 1 is 1.13 bits per heavy atom. The molecule has 0 spiro atoms. The number of carbonyl (C=O) groups is 6. The van der Waals surface area contributed by atoms with Crippen LogP contribution in [-0.4, -0.2) is 101 Å². The number of benzene rings is 1. The molecule has 0 radical (unpaired) electrons. The number of anilines is 1. The molecule has 2 amide bonds. The molecule has 4 heterocycles. The average Bonchev–Trinajstić information content (AvgIpc) is 3.15. The molecule has 0 bridgehead atoms.